The maximum atomic E-state index is 4.23. The molecule has 0 aliphatic rings. The standard InChI is InChI=1S/C14H27N5.HI/c1-4-5-6-7-8-12(2)18-14(15-3)16-11-13-9-10-17-19-13;/h9-10,12H,4-8,11H2,1-3H3,(H,17,19)(H2,15,16,18);1H. The first-order valence-electron chi connectivity index (χ1n) is 7.21. The number of unbranched alkanes of at least 4 members (excludes halogenated alkanes) is 3. The largest absolute Gasteiger partial charge is 0.354 e. The number of aromatic nitrogens is 2. The molecule has 20 heavy (non-hydrogen) atoms. The summed E-state index contributed by atoms with van der Waals surface area (Å²) in [7, 11) is 1.80. The number of aliphatic imine (C=N–C) groups is 1. The maximum absolute atomic E-state index is 4.23. The van der Waals surface area contributed by atoms with Crippen LogP contribution in [0.2, 0.25) is 0 Å². The number of nitrogens with zero attached hydrogens (tertiary/aromatic N) is 2. The van der Waals surface area contributed by atoms with Crippen molar-refractivity contribution in [1.82, 2.24) is 20.8 Å². The summed E-state index contributed by atoms with van der Waals surface area (Å²) in [6.45, 7) is 5.15. The van der Waals surface area contributed by atoms with Gasteiger partial charge in [0.1, 0.15) is 0 Å². The number of hydrogen-bond acceptors (Lipinski definition) is 2. The summed E-state index contributed by atoms with van der Waals surface area (Å²) < 4.78 is 0. The van der Waals surface area contributed by atoms with Gasteiger partial charge in [-0.1, -0.05) is 32.6 Å². The van der Waals surface area contributed by atoms with E-state index in [1.165, 1.54) is 32.1 Å². The van der Waals surface area contributed by atoms with Crippen molar-refractivity contribution in [2.24, 2.45) is 4.99 Å². The van der Waals surface area contributed by atoms with Gasteiger partial charge in [0.2, 0.25) is 0 Å². The summed E-state index contributed by atoms with van der Waals surface area (Å²) >= 11 is 0. The van der Waals surface area contributed by atoms with E-state index in [9.17, 15) is 0 Å². The Balaban J connectivity index is 0.00000361. The zero-order valence-electron chi connectivity index (χ0n) is 12.8. The second kappa shape index (κ2) is 12.0. The molecule has 3 N–H and O–H groups in total. The van der Waals surface area contributed by atoms with Gasteiger partial charge in [0.05, 0.1) is 12.2 Å². The van der Waals surface area contributed by atoms with Gasteiger partial charge in [-0.15, -0.1) is 24.0 Å². The van der Waals surface area contributed by atoms with E-state index in [0.717, 1.165) is 11.7 Å². The fourth-order valence-electron chi connectivity index (χ4n) is 1.94. The molecule has 0 aliphatic heterocycles. The van der Waals surface area contributed by atoms with Crippen LogP contribution in [0.1, 0.15) is 51.6 Å². The van der Waals surface area contributed by atoms with Gasteiger partial charge < -0.3 is 10.6 Å². The monoisotopic (exact) mass is 393 g/mol. The summed E-state index contributed by atoms with van der Waals surface area (Å²) in [6.07, 6.45) is 8.16. The topological polar surface area (TPSA) is 65.1 Å². The van der Waals surface area contributed by atoms with Crippen molar-refractivity contribution in [2.45, 2.75) is 58.5 Å². The molecule has 0 spiro atoms. The molecule has 1 atom stereocenters. The van der Waals surface area contributed by atoms with Gasteiger partial charge in [-0.2, -0.15) is 5.10 Å². The Labute approximate surface area is 139 Å². The Morgan fingerprint density at radius 1 is 1.40 bits per heavy atom. The fraction of sp³-hybridized carbons (Fsp3) is 0.714. The summed E-state index contributed by atoms with van der Waals surface area (Å²) in [5.74, 6) is 0.845. The normalized spacial score (nSPS) is 12.7. The van der Waals surface area contributed by atoms with Crippen LogP contribution in [0, 0.1) is 0 Å². The van der Waals surface area contributed by atoms with Crippen LogP contribution in [-0.4, -0.2) is 29.2 Å². The Kier molecular flexibility index (Phi) is 11.5. The highest BCUT2D eigenvalue weighted by Crippen LogP contribution is 2.05. The summed E-state index contributed by atoms with van der Waals surface area (Å²) in [6, 6.07) is 2.40. The predicted molar refractivity (Wildman–Crippen MR) is 95.6 cm³/mol. The average Bonchev–Trinajstić information content (AvgIpc) is 2.92. The highest BCUT2D eigenvalue weighted by molar-refractivity contribution is 14.0. The van der Waals surface area contributed by atoms with Crippen molar-refractivity contribution in [3.63, 3.8) is 0 Å². The lowest BCUT2D eigenvalue weighted by atomic mass is 10.1. The quantitative estimate of drug-likeness (QED) is 0.275. The molecule has 0 aromatic carbocycles. The van der Waals surface area contributed by atoms with Crippen LogP contribution in [0.3, 0.4) is 0 Å². The molecular formula is C14H28IN5. The van der Waals surface area contributed by atoms with Crippen LogP contribution in [0.4, 0.5) is 0 Å². The van der Waals surface area contributed by atoms with E-state index in [4.69, 9.17) is 0 Å². The molecule has 1 unspecified atom stereocenters. The van der Waals surface area contributed by atoms with Gasteiger partial charge >= 0.3 is 0 Å². The fourth-order valence-corrected chi connectivity index (χ4v) is 1.94. The van der Waals surface area contributed by atoms with Crippen LogP contribution < -0.4 is 10.6 Å². The van der Waals surface area contributed by atoms with E-state index in [-0.39, 0.29) is 24.0 Å². The zero-order valence-corrected chi connectivity index (χ0v) is 15.1. The highest BCUT2D eigenvalue weighted by atomic mass is 127. The number of rotatable bonds is 8. The minimum atomic E-state index is 0. The second-order valence-electron chi connectivity index (χ2n) is 4.90. The van der Waals surface area contributed by atoms with E-state index in [1.807, 2.05) is 6.07 Å². The molecule has 5 nitrogen and oxygen atoms in total. The first-order chi connectivity index (χ1) is 9.26. The number of halogens is 1. The van der Waals surface area contributed by atoms with Crippen molar-refractivity contribution in [3.05, 3.63) is 18.0 Å². The van der Waals surface area contributed by atoms with Gasteiger partial charge in [0.15, 0.2) is 5.96 Å². The lowest BCUT2D eigenvalue weighted by Crippen LogP contribution is -2.41. The molecule has 1 aromatic rings. The minimum absolute atomic E-state index is 0. The number of nitrogens with one attached hydrogen (secondary N) is 3. The average molecular weight is 393 g/mol. The lowest BCUT2D eigenvalue weighted by molar-refractivity contribution is 0.537. The highest BCUT2D eigenvalue weighted by Gasteiger charge is 2.05. The summed E-state index contributed by atoms with van der Waals surface area (Å²) in [4.78, 5) is 4.23. The lowest BCUT2D eigenvalue weighted by Gasteiger charge is -2.17. The summed E-state index contributed by atoms with van der Waals surface area (Å²) in [5.41, 5.74) is 1.05. The van der Waals surface area contributed by atoms with E-state index in [0.29, 0.717) is 12.6 Å². The zero-order chi connectivity index (χ0) is 13.9. The van der Waals surface area contributed by atoms with E-state index < -0.39 is 0 Å². The van der Waals surface area contributed by atoms with Gasteiger partial charge in [-0.3, -0.25) is 10.1 Å². The maximum Gasteiger partial charge on any atom is 0.191 e. The first kappa shape index (κ1) is 19.2. The Morgan fingerprint density at radius 2 is 2.20 bits per heavy atom. The molecule has 0 saturated carbocycles. The molecule has 0 fully saturated rings. The number of hydrogen-bond donors (Lipinski definition) is 3. The third-order valence-electron chi connectivity index (χ3n) is 3.10. The van der Waals surface area contributed by atoms with Crippen molar-refractivity contribution in [1.29, 1.82) is 0 Å². The van der Waals surface area contributed by atoms with Crippen molar-refractivity contribution >= 4 is 29.9 Å². The molecule has 0 amide bonds. The molecular weight excluding hydrogens is 365 g/mol. The molecule has 0 radical (unpaired) electrons. The molecule has 1 rings (SSSR count). The van der Waals surface area contributed by atoms with Crippen LogP contribution in [0.25, 0.3) is 0 Å². The van der Waals surface area contributed by atoms with Crippen LogP contribution in [0.15, 0.2) is 17.3 Å². The van der Waals surface area contributed by atoms with Crippen molar-refractivity contribution in [2.75, 3.05) is 7.05 Å². The van der Waals surface area contributed by atoms with Crippen molar-refractivity contribution < 1.29 is 0 Å². The Bertz CT molecular complexity index is 350. The smallest absolute Gasteiger partial charge is 0.191 e. The van der Waals surface area contributed by atoms with Gasteiger partial charge in [-0.05, 0) is 19.4 Å². The van der Waals surface area contributed by atoms with Gasteiger partial charge in [-0.25, -0.2) is 0 Å². The van der Waals surface area contributed by atoms with Crippen LogP contribution in [0.5, 0.6) is 0 Å². The van der Waals surface area contributed by atoms with E-state index in [1.54, 1.807) is 13.2 Å². The van der Waals surface area contributed by atoms with Crippen LogP contribution in [-0.2, 0) is 6.54 Å². The minimum Gasteiger partial charge on any atom is -0.354 e. The van der Waals surface area contributed by atoms with Crippen molar-refractivity contribution in [3.8, 4) is 0 Å². The second-order valence-corrected chi connectivity index (χ2v) is 4.90. The Hall–Kier alpha value is -0.790. The molecule has 0 saturated heterocycles. The van der Waals surface area contributed by atoms with Gasteiger partial charge in [0, 0.05) is 19.3 Å². The van der Waals surface area contributed by atoms with E-state index >= 15 is 0 Å². The Morgan fingerprint density at radius 3 is 2.80 bits per heavy atom. The molecule has 0 aliphatic carbocycles. The number of H-pyrrole nitrogens is 1. The van der Waals surface area contributed by atoms with Crippen LogP contribution >= 0.6 is 24.0 Å². The van der Waals surface area contributed by atoms with E-state index in [2.05, 4.69) is 39.7 Å². The number of aromatic amines is 1. The first-order valence-corrected chi connectivity index (χ1v) is 7.21. The third kappa shape index (κ3) is 8.39. The molecule has 0 bridgehead atoms. The predicted octanol–water partition coefficient (Wildman–Crippen LogP) is 3.05. The molecule has 116 valence electrons. The molecule has 1 aromatic heterocycles. The molecule has 6 heteroatoms. The third-order valence-corrected chi connectivity index (χ3v) is 3.10. The number of guanidine groups is 1. The molecule has 1 heterocycles. The SMILES string of the molecule is CCCCCCC(C)NC(=NC)NCc1ccn[nH]1.I. The van der Waals surface area contributed by atoms with Gasteiger partial charge in [0.25, 0.3) is 0 Å². The summed E-state index contributed by atoms with van der Waals surface area (Å²) in [5, 5.41) is 13.5.